The Bertz CT molecular complexity index is 1050. The molecule has 0 radical (unpaired) electrons. The quantitative estimate of drug-likeness (QED) is 0.796. The third-order valence-corrected chi connectivity index (χ3v) is 5.45. The van der Waals surface area contributed by atoms with Gasteiger partial charge in [0.25, 0.3) is 0 Å². The van der Waals surface area contributed by atoms with Crippen LogP contribution >= 0.6 is 11.6 Å². The number of carbonyl (C=O) groups excluding carboxylic acids is 1. The Kier molecular flexibility index (Phi) is 4.66. The van der Waals surface area contributed by atoms with Gasteiger partial charge in [0.1, 0.15) is 11.6 Å². The van der Waals surface area contributed by atoms with E-state index in [2.05, 4.69) is 6.07 Å². The van der Waals surface area contributed by atoms with Gasteiger partial charge in [-0.15, -0.1) is 0 Å². The number of hydrogen-bond donors (Lipinski definition) is 1. The van der Waals surface area contributed by atoms with Crippen molar-refractivity contribution in [2.24, 2.45) is 5.73 Å². The van der Waals surface area contributed by atoms with E-state index in [0.29, 0.717) is 35.4 Å². The summed E-state index contributed by atoms with van der Waals surface area (Å²) in [6, 6.07) is 15.2. The third-order valence-electron chi connectivity index (χ3n) is 5.20. The average Bonchev–Trinajstić information content (AvgIpc) is 2.69. The summed E-state index contributed by atoms with van der Waals surface area (Å²) in [5, 5.41) is 10.5. The molecule has 0 saturated heterocycles. The number of benzene rings is 2. The molecule has 0 aromatic heterocycles. The number of hydrogen-bond acceptors (Lipinski definition) is 4. The first kappa shape index (κ1) is 18.3. The normalized spacial score (nSPS) is 19.5. The Balaban J connectivity index is 1.95. The van der Waals surface area contributed by atoms with Crippen molar-refractivity contribution in [2.75, 3.05) is 4.90 Å². The van der Waals surface area contributed by atoms with E-state index in [1.165, 1.54) is 12.1 Å². The Morgan fingerprint density at radius 1 is 1.11 bits per heavy atom. The van der Waals surface area contributed by atoms with Gasteiger partial charge in [0.15, 0.2) is 5.78 Å². The molecule has 2 aromatic carbocycles. The Morgan fingerprint density at radius 3 is 2.43 bits per heavy atom. The van der Waals surface area contributed by atoms with Gasteiger partial charge in [0.05, 0.1) is 17.6 Å². The van der Waals surface area contributed by atoms with Crippen LogP contribution in [-0.4, -0.2) is 5.78 Å². The minimum atomic E-state index is -0.586. The second kappa shape index (κ2) is 7.14. The zero-order chi connectivity index (χ0) is 19.8. The van der Waals surface area contributed by atoms with E-state index in [-0.39, 0.29) is 23.0 Å². The summed E-state index contributed by atoms with van der Waals surface area (Å²) < 4.78 is 13.4. The molecule has 2 N–H and O–H groups in total. The number of Topliss-reactive ketones (excluding diaryl/α,β-unsaturated/α-hetero) is 1. The van der Waals surface area contributed by atoms with E-state index >= 15 is 0 Å². The van der Waals surface area contributed by atoms with Crippen LogP contribution in [0.25, 0.3) is 0 Å². The SMILES string of the molecule is N#CC1=C(N)N(c2ccc(Cl)cc2)C2=C(C(=O)CCC2)[C@@H]1c1ccc(F)cc1. The number of nitriles is 1. The first-order chi connectivity index (χ1) is 13.5. The number of ketones is 1. The largest absolute Gasteiger partial charge is 0.384 e. The maximum absolute atomic E-state index is 13.4. The molecule has 1 aliphatic heterocycles. The monoisotopic (exact) mass is 393 g/mol. The minimum absolute atomic E-state index is 0.00483. The maximum Gasteiger partial charge on any atom is 0.161 e. The molecule has 6 heteroatoms. The van der Waals surface area contributed by atoms with Gasteiger partial charge in [0, 0.05) is 28.4 Å². The summed E-state index contributed by atoms with van der Waals surface area (Å²) in [5.74, 6) is -0.679. The highest BCUT2D eigenvalue weighted by atomic mass is 35.5. The Hall–Kier alpha value is -3.10. The predicted molar refractivity (Wildman–Crippen MR) is 106 cm³/mol. The fourth-order valence-corrected chi connectivity index (χ4v) is 4.09. The molecule has 4 rings (SSSR count). The lowest BCUT2D eigenvalue weighted by molar-refractivity contribution is -0.116. The van der Waals surface area contributed by atoms with Gasteiger partial charge in [-0.3, -0.25) is 9.69 Å². The molecule has 140 valence electrons. The van der Waals surface area contributed by atoms with E-state index in [4.69, 9.17) is 17.3 Å². The molecule has 0 unspecified atom stereocenters. The molecule has 2 aliphatic rings. The summed E-state index contributed by atoms with van der Waals surface area (Å²) >= 11 is 6.01. The fraction of sp³-hybridized carbons (Fsp3) is 0.182. The van der Waals surface area contributed by atoms with Crippen molar-refractivity contribution < 1.29 is 9.18 Å². The molecule has 4 nitrogen and oxygen atoms in total. The number of allylic oxidation sites excluding steroid dienone is 3. The van der Waals surface area contributed by atoms with Crippen LogP contribution in [0.4, 0.5) is 10.1 Å². The van der Waals surface area contributed by atoms with Gasteiger partial charge in [-0.05, 0) is 54.8 Å². The smallest absolute Gasteiger partial charge is 0.161 e. The van der Waals surface area contributed by atoms with Crippen LogP contribution in [0.3, 0.4) is 0 Å². The number of anilines is 1. The highest BCUT2D eigenvalue weighted by Gasteiger charge is 2.40. The first-order valence-electron chi connectivity index (χ1n) is 8.98. The molecule has 1 aliphatic carbocycles. The van der Waals surface area contributed by atoms with Crippen molar-refractivity contribution in [3.05, 3.63) is 87.6 Å². The molecular formula is C22H17ClFN3O. The van der Waals surface area contributed by atoms with Crippen LogP contribution in [0.5, 0.6) is 0 Å². The van der Waals surface area contributed by atoms with Gasteiger partial charge < -0.3 is 5.73 Å². The highest BCUT2D eigenvalue weighted by molar-refractivity contribution is 6.30. The maximum atomic E-state index is 13.4. The number of halogens is 2. The van der Waals surface area contributed by atoms with Crippen LogP contribution in [0.15, 0.2) is 71.2 Å². The van der Waals surface area contributed by atoms with Gasteiger partial charge in [0.2, 0.25) is 0 Å². The molecule has 2 aromatic rings. The van der Waals surface area contributed by atoms with E-state index < -0.39 is 5.92 Å². The molecular weight excluding hydrogens is 377 g/mol. The van der Waals surface area contributed by atoms with E-state index in [1.807, 2.05) is 12.1 Å². The summed E-state index contributed by atoms with van der Waals surface area (Å²) in [7, 11) is 0. The fourth-order valence-electron chi connectivity index (χ4n) is 3.96. The zero-order valence-electron chi connectivity index (χ0n) is 15.0. The number of carbonyl (C=O) groups is 1. The molecule has 1 heterocycles. The number of nitrogens with zero attached hydrogens (tertiary/aromatic N) is 2. The Labute approximate surface area is 167 Å². The third kappa shape index (κ3) is 2.96. The van der Waals surface area contributed by atoms with E-state index in [1.54, 1.807) is 29.2 Å². The van der Waals surface area contributed by atoms with E-state index in [0.717, 1.165) is 11.4 Å². The molecule has 0 spiro atoms. The van der Waals surface area contributed by atoms with Crippen molar-refractivity contribution in [2.45, 2.75) is 25.2 Å². The van der Waals surface area contributed by atoms with Gasteiger partial charge >= 0.3 is 0 Å². The topological polar surface area (TPSA) is 70.1 Å². The van der Waals surface area contributed by atoms with Crippen molar-refractivity contribution >= 4 is 23.1 Å². The lowest BCUT2D eigenvalue weighted by atomic mass is 9.75. The molecule has 28 heavy (non-hydrogen) atoms. The van der Waals surface area contributed by atoms with Gasteiger partial charge in [-0.25, -0.2) is 4.39 Å². The standard InChI is InChI=1S/C22H17ClFN3O/c23-14-6-10-16(11-7-14)27-18-2-1-3-19(28)21(18)20(17(12-25)22(27)26)13-4-8-15(24)9-5-13/h4-11,20H,1-3,26H2/t20-/m1/s1. The summed E-state index contributed by atoms with van der Waals surface area (Å²) in [5.41, 5.74) is 9.52. The minimum Gasteiger partial charge on any atom is -0.384 e. The lowest BCUT2D eigenvalue weighted by Gasteiger charge is -2.39. The first-order valence-corrected chi connectivity index (χ1v) is 9.36. The van der Waals surface area contributed by atoms with Crippen molar-refractivity contribution in [3.63, 3.8) is 0 Å². The van der Waals surface area contributed by atoms with Crippen molar-refractivity contribution in [3.8, 4) is 6.07 Å². The van der Waals surface area contributed by atoms with Gasteiger partial charge in [-0.1, -0.05) is 23.7 Å². The summed E-state index contributed by atoms with van der Waals surface area (Å²) in [6.07, 6.45) is 1.80. The number of rotatable bonds is 2. The van der Waals surface area contributed by atoms with Crippen LogP contribution in [0.2, 0.25) is 5.02 Å². The molecule has 0 amide bonds. The van der Waals surface area contributed by atoms with Crippen molar-refractivity contribution in [1.82, 2.24) is 0 Å². The molecule has 0 fully saturated rings. The van der Waals surface area contributed by atoms with Crippen molar-refractivity contribution in [1.29, 1.82) is 5.26 Å². The van der Waals surface area contributed by atoms with Crippen LogP contribution in [0.1, 0.15) is 30.7 Å². The molecule has 0 bridgehead atoms. The van der Waals surface area contributed by atoms with Gasteiger partial charge in [-0.2, -0.15) is 5.26 Å². The zero-order valence-corrected chi connectivity index (χ0v) is 15.7. The number of nitrogens with two attached hydrogens (primary N) is 1. The second-order valence-electron chi connectivity index (χ2n) is 6.84. The summed E-state index contributed by atoms with van der Waals surface area (Å²) in [4.78, 5) is 14.7. The molecule has 0 saturated carbocycles. The molecule has 1 atom stereocenters. The van der Waals surface area contributed by atoms with Crippen LogP contribution in [0, 0.1) is 17.1 Å². The van der Waals surface area contributed by atoms with Crippen LogP contribution in [-0.2, 0) is 4.79 Å². The highest BCUT2D eigenvalue weighted by Crippen LogP contribution is 2.46. The predicted octanol–water partition coefficient (Wildman–Crippen LogP) is 4.78. The second-order valence-corrected chi connectivity index (χ2v) is 7.28. The van der Waals surface area contributed by atoms with E-state index in [9.17, 15) is 14.4 Å². The Morgan fingerprint density at radius 2 is 1.79 bits per heavy atom. The average molecular weight is 394 g/mol. The summed E-state index contributed by atoms with van der Waals surface area (Å²) in [6.45, 7) is 0. The lowest BCUT2D eigenvalue weighted by Crippen LogP contribution is -2.38. The van der Waals surface area contributed by atoms with Crippen LogP contribution < -0.4 is 10.6 Å².